The summed E-state index contributed by atoms with van der Waals surface area (Å²) in [6.45, 7) is 0.593. The maximum absolute atomic E-state index is 12.0. The number of hydrogen-bond acceptors (Lipinski definition) is 3. The van der Waals surface area contributed by atoms with Crippen LogP contribution in [0.5, 0.6) is 5.75 Å². The molecule has 0 aliphatic heterocycles. The van der Waals surface area contributed by atoms with Gasteiger partial charge in [-0.15, -0.1) is 0 Å². The molecule has 2 rings (SSSR count). The summed E-state index contributed by atoms with van der Waals surface area (Å²) in [5.41, 5.74) is 6.20. The van der Waals surface area contributed by atoms with Gasteiger partial charge in [0.25, 0.3) is 0 Å². The molecule has 0 heterocycles. The van der Waals surface area contributed by atoms with Crippen LogP contribution in [0.25, 0.3) is 0 Å². The van der Waals surface area contributed by atoms with Gasteiger partial charge in [-0.25, -0.2) is 0 Å². The first-order valence-corrected chi connectivity index (χ1v) is 6.70. The van der Waals surface area contributed by atoms with Crippen molar-refractivity contribution < 1.29 is 9.53 Å². The van der Waals surface area contributed by atoms with Crippen molar-refractivity contribution >= 4 is 23.1 Å². The number of ether oxygens (including phenoxy) is 1. The van der Waals surface area contributed by atoms with E-state index >= 15 is 0 Å². The third kappa shape index (κ3) is 3.04. The number of thiocarbonyl (C=S) groups is 1. The van der Waals surface area contributed by atoms with E-state index < -0.39 is 5.41 Å². The van der Waals surface area contributed by atoms with Crippen LogP contribution in [-0.2, 0) is 11.2 Å². The minimum Gasteiger partial charge on any atom is -0.497 e. The third-order valence-electron chi connectivity index (χ3n) is 3.51. The lowest BCUT2D eigenvalue weighted by atomic mass is 10.1. The Bertz CT molecular complexity index is 481. The van der Waals surface area contributed by atoms with E-state index in [0.717, 1.165) is 30.6 Å². The molecule has 0 bridgehead atoms. The lowest BCUT2D eigenvalue weighted by molar-refractivity contribution is -0.123. The van der Waals surface area contributed by atoms with Crippen molar-refractivity contribution in [1.82, 2.24) is 5.32 Å². The molecule has 0 radical (unpaired) electrons. The van der Waals surface area contributed by atoms with E-state index in [-0.39, 0.29) is 5.91 Å². The van der Waals surface area contributed by atoms with Crippen molar-refractivity contribution in [3.05, 3.63) is 29.8 Å². The predicted octanol–water partition coefficient (Wildman–Crippen LogP) is 1.42. The van der Waals surface area contributed by atoms with Crippen molar-refractivity contribution in [1.29, 1.82) is 0 Å². The molecule has 102 valence electrons. The van der Waals surface area contributed by atoms with Gasteiger partial charge in [-0.05, 0) is 37.0 Å². The summed E-state index contributed by atoms with van der Waals surface area (Å²) in [5.74, 6) is 0.798. The third-order valence-corrected chi connectivity index (χ3v) is 3.91. The first-order valence-electron chi connectivity index (χ1n) is 6.29. The molecule has 0 atom stereocenters. The summed E-state index contributed by atoms with van der Waals surface area (Å²) in [6.07, 6.45) is 2.33. The summed E-state index contributed by atoms with van der Waals surface area (Å²) in [5, 5.41) is 2.91. The monoisotopic (exact) mass is 278 g/mol. The molecule has 5 heteroatoms. The first kappa shape index (κ1) is 13.8. The molecule has 3 N–H and O–H groups in total. The number of carbonyl (C=O) groups excluding carboxylic acids is 1. The molecular weight excluding hydrogens is 260 g/mol. The number of nitrogens with one attached hydrogen (secondary N) is 1. The van der Waals surface area contributed by atoms with Crippen molar-refractivity contribution in [3.63, 3.8) is 0 Å². The SMILES string of the molecule is COc1ccc(CCNC(=O)C2(C(N)=S)CC2)cc1. The van der Waals surface area contributed by atoms with Gasteiger partial charge in [-0.2, -0.15) is 0 Å². The van der Waals surface area contributed by atoms with Crippen LogP contribution in [0.4, 0.5) is 0 Å². The van der Waals surface area contributed by atoms with E-state index in [1.807, 2.05) is 24.3 Å². The summed E-state index contributed by atoms with van der Waals surface area (Å²) in [7, 11) is 1.64. The van der Waals surface area contributed by atoms with Crippen molar-refractivity contribution in [2.75, 3.05) is 13.7 Å². The summed E-state index contributed by atoms with van der Waals surface area (Å²) in [4.78, 5) is 12.3. The Morgan fingerprint density at radius 1 is 1.42 bits per heavy atom. The zero-order chi connectivity index (χ0) is 13.9. The van der Waals surface area contributed by atoms with E-state index in [9.17, 15) is 4.79 Å². The molecule has 1 aliphatic carbocycles. The molecule has 0 unspecified atom stereocenters. The standard InChI is InChI=1S/C14H18N2O2S/c1-18-11-4-2-10(3-5-11)6-9-16-13(17)14(7-8-14)12(15)19/h2-5H,6-9H2,1H3,(H2,15,19)(H,16,17). The van der Waals surface area contributed by atoms with Gasteiger partial charge in [0.2, 0.25) is 5.91 Å². The lowest BCUT2D eigenvalue weighted by Gasteiger charge is -2.13. The molecule has 1 saturated carbocycles. The summed E-state index contributed by atoms with van der Waals surface area (Å²) >= 11 is 4.95. The lowest BCUT2D eigenvalue weighted by Crippen LogP contribution is -2.40. The molecule has 0 saturated heterocycles. The minimum atomic E-state index is -0.560. The van der Waals surface area contributed by atoms with E-state index in [4.69, 9.17) is 22.7 Å². The smallest absolute Gasteiger partial charge is 0.233 e. The fourth-order valence-corrected chi connectivity index (χ4v) is 2.29. The van der Waals surface area contributed by atoms with Gasteiger partial charge in [0.15, 0.2) is 0 Å². The second-order valence-electron chi connectivity index (χ2n) is 4.80. The number of rotatable bonds is 6. The number of methoxy groups -OCH3 is 1. The molecule has 1 aromatic rings. The quantitative estimate of drug-likeness (QED) is 0.773. The Morgan fingerprint density at radius 3 is 2.53 bits per heavy atom. The Kier molecular flexibility index (Phi) is 4.04. The summed E-state index contributed by atoms with van der Waals surface area (Å²) < 4.78 is 5.09. The average molecular weight is 278 g/mol. The fourth-order valence-electron chi connectivity index (χ4n) is 1.99. The summed E-state index contributed by atoms with van der Waals surface area (Å²) in [6, 6.07) is 7.81. The van der Waals surface area contributed by atoms with Crippen LogP contribution in [-0.4, -0.2) is 24.6 Å². The molecule has 0 aromatic heterocycles. The van der Waals surface area contributed by atoms with Gasteiger partial charge in [-0.1, -0.05) is 24.4 Å². The Labute approximate surface area is 118 Å². The number of amides is 1. The molecule has 19 heavy (non-hydrogen) atoms. The van der Waals surface area contributed by atoms with E-state index in [1.54, 1.807) is 7.11 Å². The van der Waals surface area contributed by atoms with Crippen molar-refractivity contribution in [3.8, 4) is 5.75 Å². The second kappa shape index (κ2) is 5.57. The largest absolute Gasteiger partial charge is 0.497 e. The van der Waals surface area contributed by atoms with E-state index in [2.05, 4.69) is 5.32 Å². The van der Waals surface area contributed by atoms with Gasteiger partial charge in [0.1, 0.15) is 5.75 Å². The Balaban J connectivity index is 1.80. The maximum atomic E-state index is 12.0. The molecule has 0 spiro atoms. The fraction of sp³-hybridized carbons (Fsp3) is 0.429. The van der Waals surface area contributed by atoms with Gasteiger partial charge in [-0.3, -0.25) is 4.79 Å². The molecule has 1 aliphatic rings. The molecule has 4 nitrogen and oxygen atoms in total. The van der Waals surface area contributed by atoms with Gasteiger partial charge >= 0.3 is 0 Å². The highest BCUT2D eigenvalue weighted by Gasteiger charge is 2.52. The van der Waals surface area contributed by atoms with Crippen LogP contribution in [0, 0.1) is 5.41 Å². The molecule has 1 fully saturated rings. The number of benzene rings is 1. The number of nitrogens with two attached hydrogens (primary N) is 1. The molecular formula is C14H18N2O2S. The first-order chi connectivity index (χ1) is 9.08. The van der Waals surface area contributed by atoms with Crippen LogP contribution in [0.2, 0.25) is 0 Å². The number of carbonyl (C=O) groups is 1. The molecule has 1 aromatic carbocycles. The van der Waals surface area contributed by atoms with Crippen LogP contribution >= 0.6 is 12.2 Å². The van der Waals surface area contributed by atoms with Crippen LogP contribution in [0.3, 0.4) is 0 Å². The zero-order valence-corrected chi connectivity index (χ0v) is 11.8. The van der Waals surface area contributed by atoms with Crippen LogP contribution < -0.4 is 15.8 Å². The maximum Gasteiger partial charge on any atom is 0.233 e. The zero-order valence-electron chi connectivity index (χ0n) is 10.9. The van der Waals surface area contributed by atoms with Gasteiger partial charge < -0.3 is 15.8 Å². The Hall–Kier alpha value is -1.62. The van der Waals surface area contributed by atoms with E-state index in [1.165, 1.54) is 0 Å². The molecule has 1 amide bonds. The highest BCUT2D eigenvalue weighted by Crippen LogP contribution is 2.46. The highest BCUT2D eigenvalue weighted by molar-refractivity contribution is 7.80. The van der Waals surface area contributed by atoms with Gasteiger partial charge in [0.05, 0.1) is 17.5 Å². The predicted molar refractivity (Wildman–Crippen MR) is 78.2 cm³/mol. The van der Waals surface area contributed by atoms with Crippen LogP contribution in [0.1, 0.15) is 18.4 Å². The second-order valence-corrected chi connectivity index (χ2v) is 5.24. The van der Waals surface area contributed by atoms with E-state index in [0.29, 0.717) is 11.5 Å². The topological polar surface area (TPSA) is 64.3 Å². The minimum absolute atomic E-state index is 0.0338. The number of hydrogen-bond donors (Lipinski definition) is 2. The highest BCUT2D eigenvalue weighted by atomic mass is 32.1. The normalized spacial score (nSPS) is 15.6. The van der Waals surface area contributed by atoms with Gasteiger partial charge in [0, 0.05) is 6.54 Å². The average Bonchev–Trinajstić information content (AvgIpc) is 3.21. The Morgan fingerprint density at radius 2 is 2.05 bits per heavy atom. The van der Waals surface area contributed by atoms with Crippen molar-refractivity contribution in [2.24, 2.45) is 11.1 Å². The van der Waals surface area contributed by atoms with Crippen molar-refractivity contribution in [2.45, 2.75) is 19.3 Å². The van der Waals surface area contributed by atoms with Crippen LogP contribution in [0.15, 0.2) is 24.3 Å².